The third-order valence-corrected chi connectivity index (χ3v) is 4.28. The highest BCUT2D eigenvalue weighted by Crippen LogP contribution is 2.29. The zero-order chi connectivity index (χ0) is 17.6. The fraction of sp³-hybridized carbons (Fsp3) is 0.588. The van der Waals surface area contributed by atoms with Crippen molar-refractivity contribution in [3.8, 4) is 0 Å². The van der Waals surface area contributed by atoms with Crippen molar-refractivity contribution in [2.45, 2.75) is 25.6 Å². The molecule has 1 aromatic carbocycles. The van der Waals surface area contributed by atoms with Crippen molar-refractivity contribution in [1.29, 1.82) is 0 Å². The molecule has 1 aliphatic rings. The predicted molar refractivity (Wildman–Crippen MR) is 86.4 cm³/mol. The SMILES string of the molecule is CNC(=O)CN(Cc1cccc(C(F)(F)F)c1)CC1CCNCC1. The minimum Gasteiger partial charge on any atom is -0.358 e. The van der Waals surface area contributed by atoms with E-state index in [-0.39, 0.29) is 12.5 Å². The van der Waals surface area contributed by atoms with Gasteiger partial charge in [-0.2, -0.15) is 13.2 Å². The maximum atomic E-state index is 12.9. The Morgan fingerprint density at radius 3 is 2.67 bits per heavy atom. The number of hydrogen-bond donors (Lipinski definition) is 2. The number of carbonyl (C=O) groups excluding carboxylic acids is 1. The third-order valence-electron chi connectivity index (χ3n) is 4.28. The van der Waals surface area contributed by atoms with Crippen LogP contribution in [0.1, 0.15) is 24.0 Å². The van der Waals surface area contributed by atoms with Crippen LogP contribution in [-0.2, 0) is 17.5 Å². The summed E-state index contributed by atoms with van der Waals surface area (Å²) in [5.74, 6) is 0.331. The molecule has 1 fully saturated rings. The second kappa shape index (κ2) is 8.48. The predicted octanol–water partition coefficient (Wildman–Crippen LogP) is 2.25. The van der Waals surface area contributed by atoms with Crippen molar-refractivity contribution in [2.24, 2.45) is 5.92 Å². The van der Waals surface area contributed by atoms with Crippen LogP contribution in [0.15, 0.2) is 24.3 Å². The van der Waals surface area contributed by atoms with Gasteiger partial charge >= 0.3 is 6.18 Å². The topological polar surface area (TPSA) is 44.4 Å². The van der Waals surface area contributed by atoms with Crippen molar-refractivity contribution < 1.29 is 18.0 Å². The molecule has 1 amide bonds. The highest BCUT2D eigenvalue weighted by atomic mass is 19.4. The van der Waals surface area contributed by atoms with Gasteiger partial charge in [-0.05, 0) is 43.5 Å². The Balaban J connectivity index is 2.07. The summed E-state index contributed by atoms with van der Waals surface area (Å²) in [7, 11) is 1.56. The second-order valence-electron chi connectivity index (χ2n) is 6.23. The van der Waals surface area contributed by atoms with Gasteiger partial charge in [-0.3, -0.25) is 9.69 Å². The van der Waals surface area contributed by atoms with Gasteiger partial charge in [0, 0.05) is 20.1 Å². The van der Waals surface area contributed by atoms with E-state index in [1.165, 1.54) is 12.1 Å². The van der Waals surface area contributed by atoms with E-state index < -0.39 is 11.7 Å². The van der Waals surface area contributed by atoms with Crippen LogP contribution in [0, 0.1) is 5.92 Å². The molecule has 0 radical (unpaired) electrons. The Labute approximate surface area is 140 Å². The van der Waals surface area contributed by atoms with Gasteiger partial charge in [0.1, 0.15) is 0 Å². The molecular formula is C17H24F3N3O. The lowest BCUT2D eigenvalue weighted by molar-refractivity contribution is -0.137. The molecule has 1 aromatic rings. The molecule has 1 saturated heterocycles. The number of halogens is 3. The molecule has 1 heterocycles. The van der Waals surface area contributed by atoms with E-state index in [4.69, 9.17) is 0 Å². The Morgan fingerprint density at radius 1 is 1.33 bits per heavy atom. The van der Waals surface area contributed by atoms with Gasteiger partial charge in [0.2, 0.25) is 5.91 Å². The Kier molecular flexibility index (Phi) is 6.62. The average Bonchev–Trinajstić information content (AvgIpc) is 2.55. The second-order valence-corrected chi connectivity index (χ2v) is 6.23. The average molecular weight is 343 g/mol. The summed E-state index contributed by atoms with van der Waals surface area (Å²) in [6.07, 6.45) is -2.31. The molecule has 0 unspecified atom stereocenters. The molecule has 0 aliphatic carbocycles. The fourth-order valence-electron chi connectivity index (χ4n) is 3.00. The maximum absolute atomic E-state index is 12.9. The van der Waals surface area contributed by atoms with Crippen molar-refractivity contribution in [2.75, 3.05) is 33.2 Å². The summed E-state index contributed by atoms with van der Waals surface area (Å²) in [5.41, 5.74) is -0.0792. The largest absolute Gasteiger partial charge is 0.416 e. The molecule has 134 valence electrons. The summed E-state index contributed by atoms with van der Waals surface area (Å²) >= 11 is 0. The number of amides is 1. The lowest BCUT2D eigenvalue weighted by Crippen LogP contribution is -2.40. The van der Waals surface area contributed by atoms with Gasteiger partial charge in [0.05, 0.1) is 12.1 Å². The molecule has 2 N–H and O–H groups in total. The van der Waals surface area contributed by atoms with Crippen LogP contribution in [0.4, 0.5) is 13.2 Å². The van der Waals surface area contributed by atoms with Crippen molar-refractivity contribution in [3.63, 3.8) is 0 Å². The molecule has 24 heavy (non-hydrogen) atoms. The number of piperidine rings is 1. The summed E-state index contributed by atoms with van der Waals surface area (Å²) in [5, 5.41) is 5.87. The van der Waals surface area contributed by atoms with Gasteiger partial charge < -0.3 is 10.6 Å². The zero-order valence-electron chi connectivity index (χ0n) is 13.8. The highest BCUT2D eigenvalue weighted by molar-refractivity contribution is 5.77. The highest BCUT2D eigenvalue weighted by Gasteiger charge is 2.30. The number of benzene rings is 1. The van der Waals surface area contributed by atoms with E-state index in [0.717, 1.165) is 32.0 Å². The molecule has 4 nitrogen and oxygen atoms in total. The number of carbonyl (C=O) groups is 1. The number of nitrogens with one attached hydrogen (secondary N) is 2. The number of nitrogens with zero attached hydrogens (tertiary/aromatic N) is 1. The van der Waals surface area contributed by atoms with Crippen LogP contribution in [-0.4, -0.2) is 44.0 Å². The molecule has 0 aromatic heterocycles. The van der Waals surface area contributed by atoms with Gasteiger partial charge in [0.25, 0.3) is 0 Å². The lowest BCUT2D eigenvalue weighted by Gasteiger charge is -2.29. The number of rotatable bonds is 6. The summed E-state index contributed by atoms with van der Waals surface area (Å²) in [4.78, 5) is 13.7. The van der Waals surface area contributed by atoms with E-state index in [9.17, 15) is 18.0 Å². The van der Waals surface area contributed by atoms with Crippen LogP contribution in [0.3, 0.4) is 0 Å². The van der Waals surface area contributed by atoms with Crippen molar-refractivity contribution >= 4 is 5.91 Å². The minimum absolute atomic E-state index is 0.129. The van der Waals surface area contributed by atoms with Crippen molar-refractivity contribution in [3.05, 3.63) is 35.4 Å². The van der Waals surface area contributed by atoms with E-state index in [0.29, 0.717) is 24.6 Å². The Morgan fingerprint density at radius 2 is 2.04 bits per heavy atom. The normalized spacial score (nSPS) is 16.4. The summed E-state index contributed by atoms with van der Waals surface area (Å²) in [6.45, 7) is 3.13. The first-order chi connectivity index (χ1) is 11.4. The molecule has 1 aliphatic heterocycles. The standard InChI is InChI=1S/C17H24F3N3O/c1-21-16(24)12-23(10-13-5-7-22-8-6-13)11-14-3-2-4-15(9-14)17(18,19)20/h2-4,9,13,22H,5-8,10-12H2,1H3,(H,21,24). The van der Waals surface area contributed by atoms with Crippen LogP contribution in [0.25, 0.3) is 0 Å². The summed E-state index contributed by atoms with van der Waals surface area (Å²) < 4.78 is 38.6. The molecular weight excluding hydrogens is 319 g/mol. The third kappa shape index (κ3) is 5.79. The Hall–Kier alpha value is -1.60. The fourth-order valence-corrected chi connectivity index (χ4v) is 3.00. The number of likely N-dealkylation sites (N-methyl/N-ethyl adjacent to an activating group) is 1. The first-order valence-electron chi connectivity index (χ1n) is 8.18. The van der Waals surface area contributed by atoms with Crippen LogP contribution >= 0.6 is 0 Å². The quantitative estimate of drug-likeness (QED) is 0.833. The summed E-state index contributed by atoms with van der Waals surface area (Å²) in [6, 6.07) is 5.33. The van der Waals surface area contributed by atoms with Gasteiger partial charge in [-0.25, -0.2) is 0 Å². The van der Waals surface area contributed by atoms with Crippen LogP contribution < -0.4 is 10.6 Å². The Bertz CT molecular complexity index is 542. The maximum Gasteiger partial charge on any atom is 0.416 e. The lowest BCUT2D eigenvalue weighted by atomic mass is 9.97. The molecule has 0 atom stereocenters. The first-order valence-corrected chi connectivity index (χ1v) is 8.18. The molecule has 0 saturated carbocycles. The molecule has 2 rings (SSSR count). The minimum atomic E-state index is -4.35. The van der Waals surface area contributed by atoms with Gasteiger partial charge in [-0.1, -0.05) is 18.2 Å². The smallest absolute Gasteiger partial charge is 0.358 e. The molecule has 0 bridgehead atoms. The van der Waals surface area contributed by atoms with E-state index in [2.05, 4.69) is 10.6 Å². The number of hydrogen-bond acceptors (Lipinski definition) is 3. The van der Waals surface area contributed by atoms with Gasteiger partial charge in [-0.15, -0.1) is 0 Å². The van der Waals surface area contributed by atoms with E-state index in [1.54, 1.807) is 13.1 Å². The number of alkyl halides is 3. The molecule has 0 spiro atoms. The molecule has 7 heteroatoms. The van der Waals surface area contributed by atoms with Crippen LogP contribution in [0.2, 0.25) is 0 Å². The zero-order valence-corrected chi connectivity index (χ0v) is 13.8. The first kappa shape index (κ1) is 18.7. The van der Waals surface area contributed by atoms with E-state index in [1.807, 2.05) is 4.90 Å². The monoisotopic (exact) mass is 343 g/mol. The van der Waals surface area contributed by atoms with Crippen LogP contribution in [0.5, 0.6) is 0 Å². The van der Waals surface area contributed by atoms with Crippen molar-refractivity contribution in [1.82, 2.24) is 15.5 Å². The van der Waals surface area contributed by atoms with Gasteiger partial charge in [0.15, 0.2) is 0 Å². The van der Waals surface area contributed by atoms with E-state index >= 15 is 0 Å².